The lowest BCUT2D eigenvalue weighted by Gasteiger charge is -2.19. The number of halogens is 1. The van der Waals surface area contributed by atoms with E-state index in [0.717, 1.165) is 42.5 Å². The van der Waals surface area contributed by atoms with Gasteiger partial charge in [0, 0.05) is 38.2 Å². The number of fused-ring (bicyclic) bond motifs is 1. The van der Waals surface area contributed by atoms with Crippen LogP contribution in [0.15, 0.2) is 36.4 Å². The molecule has 1 saturated heterocycles. The second-order valence-electron chi connectivity index (χ2n) is 8.33. The molecule has 5 rings (SSSR count). The third-order valence-corrected chi connectivity index (χ3v) is 7.19. The maximum absolute atomic E-state index is 13.4. The predicted molar refractivity (Wildman–Crippen MR) is 130 cm³/mol. The van der Waals surface area contributed by atoms with Crippen molar-refractivity contribution < 1.29 is 9.50 Å². The van der Waals surface area contributed by atoms with Crippen molar-refractivity contribution in [1.29, 1.82) is 5.26 Å². The van der Waals surface area contributed by atoms with Gasteiger partial charge in [-0.15, -0.1) is 5.10 Å². The van der Waals surface area contributed by atoms with E-state index in [1.807, 2.05) is 35.5 Å². The Morgan fingerprint density at radius 1 is 1.24 bits per heavy atom. The van der Waals surface area contributed by atoms with Gasteiger partial charge in [-0.3, -0.25) is 0 Å². The van der Waals surface area contributed by atoms with Gasteiger partial charge in [-0.2, -0.15) is 9.78 Å². The van der Waals surface area contributed by atoms with Gasteiger partial charge in [-0.05, 0) is 49.2 Å². The van der Waals surface area contributed by atoms with Gasteiger partial charge in [-0.1, -0.05) is 18.3 Å². The molecular formula is C24H24FN7OS. The fourth-order valence-corrected chi connectivity index (χ4v) is 5.16. The number of rotatable bonds is 6. The van der Waals surface area contributed by atoms with Crippen LogP contribution in [0.25, 0.3) is 16.9 Å². The van der Waals surface area contributed by atoms with E-state index in [-0.39, 0.29) is 18.3 Å². The van der Waals surface area contributed by atoms with Crippen LogP contribution in [0.2, 0.25) is 0 Å². The summed E-state index contributed by atoms with van der Waals surface area (Å²) in [5, 5.41) is 24.7. The Morgan fingerprint density at radius 3 is 2.71 bits per heavy atom. The fourth-order valence-electron chi connectivity index (χ4n) is 4.31. The number of benzene rings is 1. The van der Waals surface area contributed by atoms with E-state index in [2.05, 4.69) is 11.0 Å². The summed E-state index contributed by atoms with van der Waals surface area (Å²) in [5.74, 6) is 1.56. The normalized spacial score (nSPS) is 15.7. The summed E-state index contributed by atoms with van der Waals surface area (Å²) in [6.07, 6.45) is 1.64. The van der Waals surface area contributed by atoms with Gasteiger partial charge >= 0.3 is 0 Å². The first-order chi connectivity index (χ1) is 16.5. The molecule has 34 heavy (non-hydrogen) atoms. The van der Waals surface area contributed by atoms with Crippen molar-refractivity contribution in [3.8, 4) is 17.3 Å². The Labute approximate surface area is 200 Å². The first-order valence-corrected chi connectivity index (χ1v) is 12.0. The molecule has 1 unspecified atom stereocenters. The zero-order valence-electron chi connectivity index (χ0n) is 18.9. The quantitative estimate of drug-likeness (QED) is 0.448. The molecule has 1 N–H and O–H groups in total. The fraction of sp³-hybridized carbons (Fsp3) is 0.333. The number of thiazole rings is 1. The molecule has 1 atom stereocenters. The van der Waals surface area contributed by atoms with Crippen molar-refractivity contribution in [2.45, 2.75) is 19.8 Å². The highest BCUT2D eigenvalue weighted by Crippen LogP contribution is 2.37. The van der Waals surface area contributed by atoms with E-state index in [1.165, 1.54) is 23.5 Å². The molecule has 1 aliphatic heterocycles. The van der Waals surface area contributed by atoms with Crippen LogP contribution in [-0.4, -0.2) is 51.4 Å². The standard InChI is InChI=1S/C24H24FN7OS/c1-3-18-23(32-20(27-18)8-9-21(29-32)31-11-10-15(13-31)14-33)30(2)24-28-22(19(12-26)34-24)16-4-6-17(25)7-5-16/h4-9,15,33H,3,10-11,13-14H2,1-2H3. The molecule has 0 aliphatic carbocycles. The largest absolute Gasteiger partial charge is 0.396 e. The summed E-state index contributed by atoms with van der Waals surface area (Å²) < 4.78 is 15.2. The number of nitrogens with zero attached hydrogens (tertiary/aromatic N) is 7. The molecule has 8 nitrogen and oxygen atoms in total. The molecule has 10 heteroatoms. The average Bonchev–Trinajstić information content (AvgIpc) is 3.59. The highest BCUT2D eigenvalue weighted by Gasteiger charge is 2.26. The van der Waals surface area contributed by atoms with Crippen molar-refractivity contribution in [3.05, 3.63) is 52.8 Å². The Morgan fingerprint density at radius 2 is 2.03 bits per heavy atom. The molecule has 0 bridgehead atoms. The van der Waals surface area contributed by atoms with Crippen LogP contribution in [0.4, 0.5) is 21.2 Å². The molecular weight excluding hydrogens is 453 g/mol. The SMILES string of the molecule is CCc1nc2ccc(N3CCC(CO)C3)nn2c1N(C)c1nc(-c2ccc(F)cc2)c(C#N)s1. The molecule has 0 amide bonds. The summed E-state index contributed by atoms with van der Waals surface area (Å²) >= 11 is 1.28. The number of aliphatic hydroxyl groups excluding tert-OH is 1. The smallest absolute Gasteiger partial charge is 0.192 e. The number of aliphatic hydroxyl groups is 1. The van der Waals surface area contributed by atoms with Gasteiger partial charge in [0.25, 0.3) is 0 Å². The Kier molecular flexibility index (Phi) is 5.89. The van der Waals surface area contributed by atoms with Gasteiger partial charge in [0.15, 0.2) is 16.6 Å². The van der Waals surface area contributed by atoms with Gasteiger partial charge in [0.05, 0.1) is 5.69 Å². The van der Waals surface area contributed by atoms with E-state index in [4.69, 9.17) is 15.1 Å². The average molecular weight is 478 g/mol. The summed E-state index contributed by atoms with van der Waals surface area (Å²) in [4.78, 5) is 14.0. The third-order valence-electron chi connectivity index (χ3n) is 6.15. The number of aromatic nitrogens is 4. The van der Waals surface area contributed by atoms with Crippen molar-refractivity contribution in [2.24, 2.45) is 5.92 Å². The van der Waals surface area contributed by atoms with Crippen LogP contribution in [0.3, 0.4) is 0 Å². The number of imidazole rings is 1. The molecule has 0 radical (unpaired) electrons. The Hall–Kier alpha value is -3.55. The second kappa shape index (κ2) is 9.00. The summed E-state index contributed by atoms with van der Waals surface area (Å²) in [6, 6.07) is 12.1. The summed E-state index contributed by atoms with van der Waals surface area (Å²) in [5.41, 5.74) is 2.83. The van der Waals surface area contributed by atoms with E-state index in [0.29, 0.717) is 27.7 Å². The highest BCUT2D eigenvalue weighted by molar-refractivity contribution is 7.16. The number of nitriles is 1. The van der Waals surface area contributed by atoms with Crippen molar-refractivity contribution in [2.75, 3.05) is 36.5 Å². The molecule has 3 aromatic heterocycles. The van der Waals surface area contributed by atoms with Crippen molar-refractivity contribution in [3.63, 3.8) is 0 Å². The van der Waals surface area contributed by atoms with Crippen LogP contribution in [-0.2, 0) is 6.42 Å². The minimum absolute atomic E-state index is 0.180. The van der Waals surface area contributed by atoms with E-state index >= 15 is 0 Å². The van der Waals surface area contributed by atoms with Crippen LogP contribution in [0, 0.1) is 23.1 Å². The van der Waals surface area contributed by atoms with Gasteiger partial charge in [0.2, 0.25) is 0 Å². The lowest BCUT2D eigenvalue weighted by atomic mass is 10.1. The van der Waals surface area contributed by atoms with E-state index < -0.39 is 0 Å². The first-order valence-electron chi connectivity index (χ1n) is 11.2. The van der Waals surface area contributed by atoms with Gasteiger partial charge < -0.3 is 14.9 Å². The second-order valence-corrected chi connectivity index (χ2v) is 9.31. The number of hydrogen-bond donors (Lipinski definition) is 1. The lowest BCUT2D eigenvalue weighted by Crippen LogP contribution is -2.23. The highest BCUT2D eigenvalue weighted by atomic mass is 32.1. The molecule has 1 aromatic carbocycles. The topological polar surface area (TPSA) is 93.6 Å². The van der Waals surface area contributed by atoms with Gasteiger partial charge in [0.1, 0.15) is 28.3 Å². The first kappa shape index (κ1) is 22.3. The summed E-state index contributed by atoms with van der Waals surface area (Å²) in [7, 11) is 1.89. The Balaban J connectivity index is 1.56. The molecule has 1 fully saturated rings. The minimum atomic E-state index is -0.335. The molecule has 174 valence electrons. The molecule has 0 saturated carbocycles. The molecule has 0 spiro atoms. The number of anilines is 3. The van der Waals surface area contributed by atoms with E-state index in [9.17, 15) is 14.8 Å². The minimum Gasteiger partial charge on any atom is -0.396 e. The molecule has 4 aromatic rings. The third kappa shape index (κ3) is 3.87. The molecule has 4 heterocycles. The number of hydrogen-bond acceptors (Lipinski definition) is 8. The lowest BCUT2D eigenvalue weighted by molar-refractivity contribution is 0.238. The Bertz CT molecular complexity index is 1370. The van der Waals surface area contributed by atoms with Crippen LogP contribution < -0.4 is 9.80 Å². The monoisotopic (exact) mass is 477 g/mol. The van der Waals surface area contributed by atoms with Crippen LogP contribution >= 0.6 is 11.3 Å². The summed E-state index contributed by atoms with van der Waals surface area (Å²) in [6.45, 7) is 3.84. The van der Waals surface area contributed by atoms with Crippen LogP contribution in [0.5, 0.6) is 0 Å². The van der Waals surface area contributed by atoms with Crippen molar-refractivity contribution >= 4 is 33.8 Å². The van der Waals surface area contributed by atoms with Crippen LogP contribution in [0.1, 0.15) is 23.9 Å². The van der Waals surface area contributed by atoms with E-state index in [1.54, 1.807) is 12.1 Å². The maximum Gasteiger partial charge on any atom is 0.192 e. The van der Waals surface area contributed by atoms with Crippen molar-refractivity contribution in [1.82, 2.24) is 19.6 Å². The molecule has 1 aliphatic rings. The zero-order valence-corrected chi connectivity index (χ0v) is 19.8. The van der Waals surface area contributed by atoms with Gasteiger partial charge in [-0.25, -0.2) is 14.4 Å². The number of aryl methyl sites for hydroxylation is 1. The maximum atomic E-state index is 13.4. The zero-order chi connectivity index (χ0) is 23.8. The predicted octanol–water partition coefficient (Wildman–Crippen LogP) is 4.01.